The molecule has 15 heavy (non-hydrogen) atoms. The van der Waals surface area contributed by atoms with Gasteiger partial charge in [0.05, 0.1) is 11.6 Å². The van der Waals surface area contributed by atoms with E-state index in [9.17, 15) is 4.79 Å². The summed E-state index contributed by atoms with van der Waals surface area (Å²) in [5.41, 5.74) is 4.72. The van der Waals surface area contributed by atoms with Gasteiger partial charge in [0.2, 0.25) is 5.91 Å². The summed E-state index contributed by atoms with van der Waals surface area (Å²) >= 11 is 0. The fourth-order valence-electron chi connectivity index (χ4n) is 1.20. The lowest BCUT2D eigenvalue weighted by Crippen LogP contribution is -2.54. The van der Waals surface area contributed by atoms with Crippen molar-refractivity contribution in [2.45, 2.75) is 52.2 Å². The van der Waals surface area contributed by atoms with Crippen molar-refractivity contribution in [3.63, 3.8) is 0 Å². The molecule has 1 unspecified atom stereocenters. The molecule has 0 aromatic rings. The first-order chi connectivity index (χ1) is 6.92. The Morgan fingerprint density at radius 3 is 2.53 bits per heavy atom. The van der Waals surface area contributed by atoms with Crippen molar-refractivity contribution in [3.05, 3.63) is 0 Å². The van der Waals surface area contributed by atoms with E-state index >= 15 is 0 Å². The molecule has 90 valence electrons. The van der Waals surface area contributed by atoms with Gasteiger partial charge in [-0.15, -0.1) is 0 Å². The first-order valence-corrected chi connectivity index (χ1v) is 5.59. The lowest BCUT2D eigenvalue weighted by molar-refractivity contribution is -0.124. The number of carbonyl (C=O) groups excluding carboxylic acids is 1. The van der Waals surface area contributed by atoms with Crippen LogP contribution in [0.5, 0.6) is 0 Å². The third-order valence-corrected chi connectivity index (χ3v) is 2.36. The van der Waals surface area contributed by atoms with E-state index in [0.717, 1.165) is 13.0 Å². The van der Waals surface area contributed by atoms with E-state index in [1.807, 2.05) is 20.8 Å². The maximum Gasteiger partial charge on any atom is 0.237 e. The highest BCUT2D eigenvalue weighted by atomic mass is 16.5. The number of hydrogen-bond acceptors (Lipinski definition) is 3. The molecular weight excluding hydrogens is 192 g/mol. The average molecular weight is 216 g/mol. The first-order valence-electron chi connectivity index (χ1n) is 5.59. The van der Waals surface area contributed by atoms with E-state index in [1.165, 1.54) is 0 Å². The molecule has 0 rings (SSSR count). The summed E-state index contributed by atoms with van der Waals surface area (Å²) in [4.78, 5) is 11.3. The van der Waals surface area contributed by atoms with Crippen LogP contribution in [0.25, 0.3) is 0 Å². The van der Waals surface area contributed by atoms with Crippen molar-refractivity contribution in [3.8, 4) is 0 Å². The van der Waals surface area contributed by atoms with E-state index in [4.69, 9.17) is 10.5 Å². The maximum atomic E-state index is 11.3. The molecule has 0 aliphatic carbocycles. The summed E-state index contributed by atoms with van der Waals surface area (Å²) in [6.07, 6.45) is 1.78. The summed E-state index contributed by atoms with van der Waals surface area (Å²) in [5.74, 6) is -0.316. The van der Waals surface area contributed by atoms with Crippen molar-refractivity contribution >= 4 is 5.91 Å². The van der Waals surface area contributed by atoms with Gasteiger partial charge < -0.3 is 15.8 Å². The lowest BCUT2D eigenvalue weighted by Gasteiger charge is -2.27. The third kappa shape index (κ3) is 5.74. The Kier molecular flexibility index (Phi) is 6.52. The number of rotatable bonds is 8. The minimum atomic E-state index is -0.648. The number of hydrogen-bond donors (Lipinski definition) is 2. The molecule has 0 aliphatic heterocycles. The van der Waals surface area contributed by atoms with Gasteiger partial charge in [-0.2, -0.15) is 0 Å². The number of carbonyl (C=O) groups is 1. The molecule has 1 atom stereocenters. The van der Waals surface area contributed by atoms with Gasteiger partial charge in [0.1, 0.15) is 0 Å². The minimum Gasteiger partial charge on any atom is -0.379 e. The molecule has 0 bridgehead atoms. The maximum absolute atomic E-state index is 11.3. The summed E-state index contributed by atoms with van der Waals surface area (Å²) < 4.78 is 5.42. The Hall–Kier alpha value is -0.610. The highest BCUT2D eigenvalue weighted by Crippen LogP contribution is 2.10. The van der Waals surface area contributed by atoms with Gasteiger partial charge in [-0.1, -0.05) is 6.92 Å². The zero-order chi connectivity index (χ0) is 11.9. The van der Waals surface area contributed by atoms with E-state index in [1.54, 1.807) is 0 Å². The molecule has 0 aromatic carbocycles. The van der Waals surface area contributed by atoms with Crippen LogP contribution < -0.4 is 11.1 Å². The Balaban J connectivity index is 4.07. The summed E-state index contributed by atoms with van der Waals surface area (Å²) in [7, 11) is 0. The van der Waals surface area contributed by atoms with E-state index in [0.29, 0.717) is 13.0 Å². The number of nitrogens with two attached hydrogens (primary N) is 1. The van der Waals surface area contributed by atoms with Crippen LogP contribution >= 0.6 is 0 Å². The quantitative estimate of drug-likeness (QED) is 0.637. The standard InChI is InChI=1S/C11H24N2O2/c1-5-7-13-11(4,10(12)14)6-8-15-9(2)3/h9,13H,5-8H2,1-4H3,(H2,12,14). The molecule has 0 saturated heterocycles. The second kappa shape index (κ2) is 6.80. The van der Waals surface area contributed by atoms with Crippen LogP contribution in [0.3, 0.4) is 0 Å². The van der Waals surface area contributed by atoms with Crippen LogP contribution in [0.2, 0.25) is 0 Å². The van der Waals surface area contributed by atoms with Gasteiger partial charge in [0.15, 0.2) is 0 Å². The summed E-state index contributed by atoms with van der Waals surface area (Å²) in [5, 5.41) is 3.16. The molecule has 4 heteroatoms. The normalized spacial score (nSPS) is 15.3. The molecule has 0 spiro atoms. The molecule has 0 fully saturated rings. The van der Waals surface area contributed by atoms with Crippen molar-refractivity contribution in [2.75, 3.05) is 13.2 Å². The van der Waals surface area contributed by atoms with Crippen molar-refractivity contribution in [1.29, 1.82) is 0 Å². The molecule has 0 saturated carbocycles. The number of primary amides is 1. The van der Waals surface area contributed by atoms with Gasteiger partial charge in [0, 0.05) is 6.61 Å². The summed E-state index contributed by atoms with van der Waals surface area (Å²) in [6.45, 7) is 9.17. The topological polar surface area (TPSA) is 64.3 Å². The van der Waals surface area contributed by atoms with Gasteiger partial charge in [-0.3, -0.25) is 4.79 Å². The van der Waals surface area contributed by atoms with Gasteiger partial charge >= 0.3 is 0 Å². The van der Waals surface area contributed by atoms with Crippen LogP contribution in [0.1, 0.15) is 40.5 Å². The van der Waals surface area contributed by atoms with Crippen LogP contribution in [0, 0.1) is 0 Å². The third-order valence-electron chi connectivity index (χ3n) is 2.36. The summed E-state index contributed by atoms with van der Waals surface area (Å²) in [6, 6.07) is 0. The number of nitrogens with one attached hydrogen (secondary N) is 1. The zero-order valence-corrected chi connectivity index (χ0v) is 10.3. The largest absolute Gasteiger partial charge is 0.379 e. The zero-order valence-electron chi connectivity index (χ0n) is 10.3. The smallest absolute Gasteiger partial charge is 0.237 e. The van der Waals surface area contributed by atoms with Crippen LogP contribution in [0.15, 0.2) is 0 Å². The molecule has 0 aliphatic rings. The highest BCUT2D eigenvalue weighted by molar-refractivity contribution is 5.84. The Morgan fingerprint density at radius 2 is 2.13 bits per heavy atom. The molecule has 3 N–H and O–H groups in total. The highest BCUT2D eigenvalue weighted by Gasteiger charge is 2.29. The van der Waals surface area contributed by atoms with Crippen molar-refractivity contribution < 1.29 is 9.53 Å². The van der Waals surface area contributed by atoms with E-state index < -0.39 is 5.54 Å². The van der Waals surface area contributed by atoms with Crippen LogP contribution in [0.4, 0.5) is 0 Å². The SMILES string of the molecule is CCCNC(C)(CCOC(C)C)C(N)=O. The minimum absolute atomic E-state index is 0.188. The predicted octanol–water partition coefficient (Wildman–Crippen LogP) is 1.05. The molecule has 4 nitrogen and oxygen atoms in total. The molecule has 0 heterocycles. The van der Waals surface area contributed by atoms with Gasteiger partial charge in [0.25, 0.3) is 0 Å². The van der Waals surface area contributed by atoms with E-state index in [2.05, 4.69) is 12.2 Å². The molecule has 0 radical (unpaired) electrons. The van der Waals surface area contributed by atoms with Crippen molar-refractivity contribution in [1.82, 2.24) is 5.32 Å². The average Bonchev–Trinajstić information content (AvgIpc) is 2.14. The Labute approximate surface area is 92.6 Å². The second-order valence-electron chi connectivity index (χ2n) is 4.29. The number of ether oxygens (including phenoxy) is 1. The molecular formula is C11H24N2O2. The Morgan fingerprint density at radius 1 is 1.53 bits per heavy atom. The fraction of sp³-hybridized carbons (Fsp3) is 0.909. The fourth-order valence-corrected chi connectivity index (χ4v) is 1.20. The monoisotopic (exact) mass is 216 g/mol. The Bertz CT molecular complexity index is 195. The lowest BCUT2D eigenvalue weighted by atomic mass is 9.97. The van der Waals surface area contributed by atoms with Gasteiger partial charge in [-0.05, 0) is 40.2 Å². The van der Waals surface area contributed by atoms with Crippen LogP contribution in [-0.2, 0) is 9.53 Å². The van der Waals surface area contributed by atoms with E-state index in [-0.39, 0.29) is 12.0 Å². The molecule has 0 aromatic heterocycles. The number of amides is 1. The van der Waals surface area contributed by atoms with Gasteiger partial charge in [-0.25, -0.2) is 0 Å². The molecule has 1 amide bonds. The van der Waals surface area contributed by atoms with Crippen molar-refractivity contribution in [2.24, 2.45) is 5.73 Å². The predicted molar refractivity (Wildman–Crippen MR) is 61.6 cm³/mol. The second-order valence-corrected chi connectivity index (χ2v) is 4.29. The first kappa shape index (κ1) is 14.4. The van der Waals surface area contributed by atoms with Crippen LogP contribution in [-0.4, -0.2) is 30.7 Å².